The van der Waals surface area contributed by atoms with Gasteiger partial charge in [-0.05, 0) is 22.9 Å². The van der Waals surface area contributed by atoms with Gasteiger partial charge in [0.25, 0.3) is 5.91 Å². The van der Waals surface area contributed by atoms with Gasteiger partial charge in [-0.3, -0.25) is 4.79 Å². The second-order valence-corrected chi connectivity index (χ2v) is 4.51. The topological polar surface area (TPSA) is 33.5 Å². The minimum atomic E-state index is -0.115. The molecule has 1 aromatic heterocycles. The van der Waals surface area contributed by atoms with Gasteiger partial charge in [0.05, 0.1) is 0 Å². The fraction of sp³-hybridized carbons (Fsp3) is 0.133. The Bertz CT molecular complexity index is 740. The molecule has 0 aliphatic rings. The van der Waals surface area contributed by atoms with Gasteiger partial charge in [0.2, 0.25) is 0 Å². The van der Waals surface area contributed by atoms with E-state index in [0.29, 0.717) is 5.76 Å². The highest BCUT2D eigenvalue weighted by Crippen LogP contribution is 2.28. The normalized spacial score (nSPS) is 11.0. The average molecular weight is 239 g/mol. The average Bonchev–Trinajstić information content (AvgIpc) is 2.81. The molecule has 2 aromatic carbocycles. The molecule has 0 spiro atoms. The van der Waals surface area contributed by atoms with Crippen molar-refractivity contribution in [2.75, 3.05) is 14.1 Å². The SMILES string of the molecule is CN(C)C(=O)c1cc2c(ccc3ccccc32)o1. The third kappa shape index (κ3) is 1.56. The maximum Gasteiger partial charge on any atom is 0.289 e. The molecule has 0 atom stereocenters. The highest BCUT2D eigenvalue weighted by Gasteiger charge is 2.15. The van der Waals surface area contributed by atoms with E-state index >= 15 is 0 Å². The summed E-state index contributed by atoms with van der Waals surface area (Å²) in [6, 6.07) is 13.8. The molecular formula is C15H13NO2. The maximum absolute atomic E-state index is 11.9. The van der Waals surface area contributed by atoms with Crippen molar-refractivity contribution >= 4 is 27.6 Å². The molecule has 3 nitrogen and oxygen atoms in total. The van der Waals surface area contributed by atoms with Crippen molar-refractivity contribution in [3.63, 3.8) is 0 Å². The summed E-state index contributed by atoms with van der Waals surface area (Å²) in [6.07, 6.45) is 0. The number of furan rings is 1. The Morgan fingerprint density at radius 2 is 1.83 bits per heavy atom. The van der Waals surface area contributed by atoms with Gasteiger partial charge >= 0.3 is 0 Å². The van der Waals surface area contributed by atoms with Crippen LogP contribution in [0.25, 0.3) is 21.7 Å². The lowest BCUT2D eigenvalue weighted by Crippen LogP contribution is -2.20. The van der Waals surface area contributed by atoms with Gasteiger partial charge in [-0.2, -0.15) is 0 Å². The van der Waals surface area contributed by atoms with Gasteiger partial charge in [-0.1, -0.05) is 30.3 Å². The molecule has 3 heteroatoms. The van der Waals surface area contributed by atoms with E-state index < -0.39 is 0 Å². The first-order valence-corrected chi connectivity index (χ1v) is 5.80. The van der Waals surface area contributed by atoms with Crippen LogP contribution in [0, 0.1) is 0 Å². The lowest BCUT2D eigenvalue weighted by molar-refractivity contribution is 0.0799. The van der Waals surface area contributed by atoms with E-state index in [4.69, 9.17) is 4.42 Å². The fourth-order valence-corrected chi connectivity index (χ4v) is 2.12. The monoisotopic (exact) mass is 239 g/mol. The lowest BCUT2D eigenvalue weighted by atomic mass is 10.1. The molecule has 0 aliphatic carbocycles. The molecule has 0 saturated carbocycles. The van der Waals surface area contributed by atoms with Crippen LogP contribution in [0.1, 0.15) is 10.6 Å². The Balaban J connectivity index is 2.29. The molecule has 0 aliphatic heterocycles. The molecule has 0 saturated heterocycles. The predicted octanol–water partition coefficient (Wildman–Crippen LogP) is 3.29. The molecule has 0 N–H and O–H groups in total. The minimum absolute atomic E-state index is 0.115. The van der Waals surface area contributed by atoms with E-state index in [1.165, 1.54) is 4.90 Å². The summed E-state index contributed by atoms with van der Waals surface area (Å²) in [4.78, 5) is 13.4. The molecule has 3 rings (SSSR count). The van der Waals surface area contributed by atoms with E-state index in [1.54, 1.807) is 14.1 Å². The standard InChI is InChI=1S/C15H13NO2/c1-16(2)15(17)14-9-12-11-6-4-3-5-10(11)7-8-13(12)18-14/h3-9H,1-2H3. The largest absolute Gasteiger partial charge is 0.451 e. The summed E-state index contributed by atoms with van der Waals surface area (Å²) >= 11 is 0. The van der Waals surface area contributed by atoms with Crippen LogP contribution < -0.4 is 0 Å². The second kappa shape index (κ2) is 3.88. The summed E-state index contributed by atoms with van der Waals surface area (Å²) in [5.74, 6) is 0.265. The molecule has 1 heterocycles. The van der Waals surface area contributed by atoms with Crippen molar-refractivity contribution in [3.05, 3.63) is 48.2 Å². The molecule has 0 bridgehead atoms. The molecule has 0 unspecified atom stereocenters. The number of carbonyl (C=O) groups is 1. The molecule has 18 heavy (non-hydrogen) atoms. The Hall–Kier alpha value is -2.29. The molecule has 1 amide bonds. The van der Waals surface area contributed by atoms with Crippen molar-refractivity contribution in [1.29, 1.82) is 0 Å². The van der Waals surface area contributed by atoms with Crippen LogP contribution in [0.4, 0.5) is 0 Å². The van der Waals surface area contributed by atoms with Gasteiger partial charge in [0.1, 0.15) is 5.58 Å². The van der Waals surface area contributed by atoms with Gasteiger partial charge < -0.3 is 9.32 Å². The number of rotatable bonds is 1. The van der Waals surface area contributed by atoms with Crippen molar-refractivity contribution in [3.8, 4) is 0 Å². The number of hydrogen-bond donors (Lipinski definition) is 0. The quantitative estimate of drug-likeness (QED) is 0.653. The van der Waals surface area contributed by atoms with Crippen molar-refractivity contribution in [2.24, 2.45) is 0 Å². The first kappa shape index (κ1) is 10.8. The summed E-state index contributed by atoms with van der Waals surface area (Å²) < 4.78 is 5.61. The number of benzene rings is 2. The van der Waals surface area contributed by atoms with Gasteiger partial charge in [-0.15, -0.1) is 0 Å². The third-order valence-electron chi connectivity index (χ3n) is 3.04. The highest BCUT2D eigenvalue weighted by atomic mass is 16.3. The number of amides is 1. The number of fused-ring (bicyclic) bond motifs is 3. The second-order valence-electron chi connectivity index (χ2n) is 4.51. The Morgan fingerprint density at radius 1 is 1.06 bits per heavy atom. The lowest BCUT2D eigenvalue weighted by Gasteiger charge is -2.06. The Kier molecular flexibility index (Phi) is 2.33. The van der Waals surface area contributed by atoms with Gasteiger partial charge in [0, 0.05) is 19.5 Å². The highest BCUT2D eigenvalue weighted by molar-refractivity contribution is 6.08. The zero-order valence-electron chi connectivity index (χ0n) is 10.3. The van der Waals surface area contributed by atoms with E-state index in [-0.39, 0.29) is 5.91 Å². The minimum Gasteiger partial charge on any atom is -0.451 e. The maximum atomic E-state index is 11.9. The Morgan fingerprint density at radius 3 is 2.61 bits per heavy atom. The van der Waals surface area contributed by atoms with Crippen LogP contribution in [0.5, 0.6) is 0 Å². The van der Waals surface area contributed by atoms with E-state index in [2.05, 4.69) is 6.07 Å². The van der Waals surface area contributed by atoms with Crippen molar-refractivity contribution < 1.29 is 9.21 Å². The van der Waals surface area contributed by atoms with Crippen LogP contribution in [-0.2, 0) is 0 Å². The summed E-state index contributed by atoms with van der Waals surface area (Å²) in [6.45, 7) is 0. The number of carbonyl (C=O) groups excluding carboxylic acids is 1. The summed E-state index contributed by atoms with van der Waals surface area (Å²) in [7, 11) is 3.43. The van der Waals surface area contributed by atoms with Gasteiger partial charge in [-0.25, -0.2) is 0 Å². The van der Waals surface area contributed by atoms with Crippen LogP contribution in [0.15, 0.2) is 46.9 Å². The molecule has 90 valence electrons. The Labute approximate surface area is 105 Å². The molecule has 3 aromatic rings. The first-order chi connectivity index (χ1) is 8.66. The first-order valence-electron chi connectivity index (χ1n) is 5.80. The van der Waals surface area contributed by atoms with Crippen LogP contribution in [0.2, 0.25) is 0 Å². The zero-order chi connectivity index (χ0) is 12.7. The third-order valence-corrected chi connectivity index (χ3v) is 3.04. The van der Waals surface area contributed by atoms with Crippen molar-refractivity contribution in [2.45, 2.75) is 0 Å². The molecular weight excluding hydrogens is 226 g/mol. The summed E-state index contributed by atoms with van der Waals surface area (Å²) in [5, 5.41) is 3.24. The number of hydrogen-bond acceptors (Lipinski definition) is 2. The predicted molar refractivity (Wildman–Crippen MR) is 71.7 cm³/mol. The van der Waals surface area contributed by atoms with E-state index in [0.717, 1.165) is 21.7 Å². The molecule has 0 radical (unpaired) electrons. The van der Waals surface area contributed by atoms with E-state index in [9.17, 15) is 4.79 Å². The van der Waals surface area contributed by atoms with Crippen LogP contribution >= 0.6 is 0 Å². The summed E-state index contributed by atoms with van der Waals surface area (Å²) in [5.41, 5.74) is 0.749. The van der Waals surface area contributed by atoms with Gasteiger partial charge in [0.15, 0.2) is 5.76 Å². The van der Waals surface area contributed by atoms with Crippen LogP contribution in [-0.4, -0.2) is 24.9 Å². The van der Waals surface area contributed by atoms with Crippen molar-refractivity contribution in [1.82, 2.24) is 4.90 Å². The zero-order valence-corrected chi connectivity index (χ0v) is 10.3. The van der Waals surface area contributed by atoms with E-state index in [1.807, 2.05) is 36.4 Å². The fourth-order valence-electron chi connectivity index (χ4n) is 2.12. The van der Waals surface area contributed by atoms with Crippen LogP contribution in [0.3, 0.4) is 0 Å². The smallest absolute Gasteiger partial charge is 0.289 e. The molecule has 0 fully saturated rings. The number of nitrogens with zero attached hydrogens (tertiary/aromatic N) is 1.